The van der Waals surface area contributed by atoms with Crippen molar-refractivity contribution in [2.75, 3.05) is 61.5 Å². The quantitative estimate of drug-likeness (QED) is 0.422. The van der Waals surface area contributed by atoms with E-state index in [1.165, 1.54) is 45.6 Å². The van der Waals surface area contributed by atoms with Gasteiger partial charge in [-0.3, -0.25) is 14.5 Å². The van der Waals surface area contributed by atoms with E-state index in [0.717, 1.165) is 48.7 Å². The fraction of sp³-hybridized carbons (Fsp3) is 0.657. The highest BCUT2D eigenvalue weighted by atomic mass is 16.5. The van der Waals surface area contributed by atoms with Gasteiger partial charge in [0.15, 0.2) is 5.82 Å². The number of amides is 2. The van der Waals surface area contributed by atoms with Gasteiger partial charge in [0.25, 0.3) is 5.91 Å². The summed E-state index contributed by atoms with van der Waals surface area (Å²) in [5.41, 5.74) is 3.06. The maximum atomic E-state index is 13.6. The molecule has 5 aliphatic rings. The first-order valence-corrected chi connectivity index (χ1v) is 17.6. The molecule has 4 heterocycles. The van der Waals surface area contributed by atoms with E-state index in [1.54, 1.807) is 18.1 Å². The van der Waals surface area contributed by atoms with E-state index in [-0.39, 0.29) is 29.9 Å². The maximum Gasteiger partial charge on any atom is 0.251 e. The fourth-order valence-electron chi connectivity index (χ4n) is 7.99. The minimum Gasteiger partial charge on any atom is -0.491 e. The third kappa shape index (κ3) is 6.15. The Morgan fingerprint density at radius 3 is 2.52 bits per heavy atom. The lowest BCUT2D eigenvalue weighted by Gasteiger charge is -2.42. The summed E-state index contributed by atoms with van der Waals surface area (Å²) in [6.45, 7) is 12.8. The summed E-state index contributed by atoms with van der Waals surface area (Å²) < 4.78 is 6.06. The first-order chi connectivity index (χ1) is 22.3. The predicted octanol–water partition coefficient (Wildman–Crippen LogP) is 4.19. The summed E-state index contributed by atoms with van der Waals surface area (Å²) in [5.74, 6) is 2.87. The van der Waals surface area contributed by atoms with Gasteiger partial charge in [-0.25, -0.2) is 4.98 Å². The molecule has 1 saturated heterocycles. The molecule has 248 valence electrons. The van der Waals surface area contributed by atoms with Crippen LogP contribution < -0.4 is 25.2 Å². The van der Waals surface area contributed by atoms with Gasteiger partial charge in [-0.2, -0.15) is 4.98 Å². The molecule has 2 saturated carbocycles. The summed E-state index contributed by atoms with van der Waals surface area (Å²) in [6, 6.07) is 4.47. The van der Waals surface area contributed by atoms with Crippen LogP contribution >= 0.6 is 0 Å². The molecule has 2 N–H and O–H groups in total. The molecule has 0 spiro atoms. The highest BCUT2D eigenvalue weighted by Gasteiger charge is 2.38. The molecule has 46 heavy (non-hydrogen) atoms. The highest BCUT2D eigenvalue weighted by Crippen LogP contribution is 2.40. The number of hydrogen-bond acceptors (Lipinski definition) is 9. The molecule has 7 rings (SSSR count). The fourth-order valence-corrected chi connectivity index (χ4v) is 7.99. The third-order valence-electron chi connectivity index (χ3n) is 10.8. The molecule has 1 aromatic carbocycles. The van der Waals surface area contributed by atoms with Gasteiger partial charge in [-0.05, 0) is 76.8 Å². The Labute approximate surface area is 273 Å². The lowest BCUT2D eigenvalue weighted by Crippen LogP contribution is -2.54. The van der Waals surface area contributed by atoms with Crippen LogP contribution in [0.1, 0.15) is 81.6 Å². The number of hydrogen-bond donors (Lipinski definition) is 2. The number of nitrogens with zero attached hydrogens (tertiary/aromatic N) is 6. The normalized spacial score (nSPS) is 25.3. The van der Waals surface area contributed by atoms with Crippen molar-refractivity contribution in [1.82, 2.24) is 25.1 Å². The molecule has 3 aliphatic heterocycles. The Balaban J connectivity index is 0.991. The number of benzene rings is 1. The number of rotatable bonds is 9. The first-order valence-electron chi connectivity index (χ1n) is 17.6. The van der Waals surface area contributed by atoms with E-state index >= 15 is 0 Å². The van der Waals surface area contributed by atoms with Gasteiger partial charge in [0, 0.05) is 75.4 Å². The van der Waals surface area contributed by atoms with Gasteiger partial charge < -0.3 is 30.1 Å². The summed E-state index contributed by atoms with van der Waals surface area (Å²) in [7, 11) is 1.78. The van der Waals surface area contributed by atoms with Crippen molar-refractivity contribution in [3.8, 4) is 5.75 Å². The van der Waals surface area contributed by atoms with Gasteiger partial charge in [0.05, 0.1) is 18.5 Å². The zero-order chi connectivity index (χ0) is 31.9. The summed E-state index contributed by atoms with van der Waals surface area (Å²) in [4.78, 5) is 45.1. The van der Waals surface area contributed by atoms with Gasteiger partial charge >= 0.3 is 0 Å². The minimum atomic E-state index is -0.270. The van der Waals surface area contributed by atoms with Crippen LogP contribution in [0.2, 0.25) is 0 Å². The molecule has 2 aliphatic carbocycles. The zero-order valence-electron chi connectivity index (χ0n) is 27.9. The average Bonchev–Trinajstić information content (AvgIpc) is 3.73. The number of aromatic nitrogens is 2. The van der Waals surface area contributed by atoms with E-state index in [2.05, 4.69) is 44.2 Å². The molecule has 0 radical (unpaired) electrons. The number of carbonyl (C=O) groups is 2. The van der Waals surface area contributed by atoms with E-state index in [9.17, 15) is 9.59 Å². The third-order valence-corrected chi connectivity index (χ3v) is 10.8. The molecule has 11 heteroatoms. The Morgan fingerprint density at radius 2 is 1.83 bits per heavy atom. The Hall–Kier alpha value is -3.44. The number of nitrogens with one attached hydrogen (secondary N) is 2. The number of carbonyl (C=O) groups excluding carboxylic acids is 2. The topological polar surface area (TPSA) is 106 Å². The molecule has 3 fully saturated rings. The first kappa shape index (κ1) is 31.2. The molecule has 2 amide bonds. The van der Waals surface area contributed by atoms with Crippen LogP contribution in [0.15, 0.2) is 18.3 Å². The highest BCUT2D eigenvalue weighted by molar-refractivity contribution is 6.04. The smallest absolute Gasteiger partial charge is 0.251 e. The number of fused-ring (bicyclic) bond motifs is 2. The molecule has 1 aromatic heterocycles. The SMILES string of the molecule is CCC1C(=O)N(C)c2cnc(Nc3ccc(C(=O)N[C@H]4CC[C@@H](N5CCN(CC6CC6)CC5)CC4)c4c3OCC4)nc2N1C(C)C. The van der Waals surface area contributed by atoms with Crippen molar-refractivity contribution in [3.05, 3.63) is 29.5 Å². The zero-order valence-corrected chi connectivity index (χ0v) is 27.9. The second kappa shape index (κ2) is 13.0. The average molecular weight is 631 g/mol. The van der Waals surface area contributed by atoms with Crippen LogP contribution in [0.5, 0.6) is 5.75 Å². The van der Waals surface area contributed by atoms with E-state index in [1.807, 2.05) is 19.1 Å². The van der Waals surface area contributed by atoms with Crippen molar-refractivity contribution >= 4 is 35.0 Å². The van der Waals surface area contributed by atoms with Crippen molar-refractivity contribution < 1.29 is 14.3 Å². The summed E-state index contributed by atoms with van der Waals surface area (Å²) in [5, 5.41) is 6.71. The number of piperazine rings is 1. The van der Waals surface area contributed by atoms with Crippen molar-refractivity contribution in [2.45, 2.75) is 96.3 Å². The molecule has 1 atom stereocenters. The van der Waals surface area contributed by atoms with Gasteiger partial charge in [0.1, 0.15) is 17.5 Å². The molecule has 0 bridgehead atoms. The van der Waals surface area contributed by atoms with Crippen LogP contribution in [-0.4, -0.2) is 102 Å². The van der Waals surface area contributed by atoms with E-state index in [0.29, 0.717) is 48.4 Å². The summed E-state index contributed by atoms with van der Waals surface area (Å²) >= 11 is 0. The lowest BCUT2D eigenvalue weighted by molar-refractivity contribution is -0.120. The Kier molecular flexibility index (Phi) is 8.80. The second-order valence-corrected chi connectivity index (χ2v) is 14.2. The Bertz CT molecular complexity index is 1450. The Morgan fingerprint density at radius 1 is 1.07 bits per heavy atom. The van der Waals surface area contributed by atoms with E-state index in [4.69, 9.17) is 9.72 Å². The van der Waals surface area contributed by atoms with Crippen molar-refractivity contribution in [2.24, 2.45) is 5.92 Å². The molecule has 2 aromatic rings. The molecule has 1 unspecified atom stereocenters. The number of likely N-dealkylation sites (N-methyl/N-ethyl adjacent to an activating group) is 1. The number of anilines is 4. The molecular formula is C35H50N8O3. The van der Waals surface area contributed by atoms with Crippen LogP contribution in [0.3, 0.4) is 0 Å². The minimum absolute atomic E-state index is 0.0126. The van der Waals surface area contributed by atoms with Crippen LogP contribution in [0.4, 0.5) is 23.1 Å². The van der Waals surface area contributed by atoms with Crippen LogP contribution in [0, 0.1) is 5.92 Å². The summed E-state index contributed by atoms with van der Waals surface area (Å²) in [6.07, 6.45) is 10.3. The van der Waals surface area contributed by atoms with Crippen molar-refractivity contribution in [1.29, 1.82) is 0 Å². The lowest BCUT2D eigenvalue weighted by atomic mass is 9.89. The monoisotopic (exact) mass is 630 g/mol. The molecular weight excluding hydrogens is 580 g/mol. The predicted molar refractivity (Wildman–Crippen MR) is 180 cm³/mol. The molecule has 11 nitrogen and oxygen atoms in total. The largest absolute Gasteiger partial charge is 0.491 e. The number of ether oxygens (including phenoxy) is 1. The van der Waals surface area contributed by atoms with Crippen LogP contribution in [-0.2, 0) is 11.2 Å². The van der Waals surface area contributed by atoms with Gasteiger partial charge in [0.2, 0.25) is 11.9 Å². The van der Waals surface area contributed by atoms with Crippen LogP contribution in [0.25, 0.3) is 0 Å². The van der Waals surface area contributed by atoms with Gasteiger partial charge in [-0.15, -0.1) is 0 Å². The standard InChI is InChI=1S/C35H50N8O3/c1-5-29-34(45)40(4)30-20-36-35(39-32(30)43(29)22(2)3)38-28-13-12-27(26-14-19-46-31(26)28)33(44)37-24-8-10-25(11-9-24)42-17-15-41(16-18-42)21-23-6-7-23/h12-13,20,22-25,29H,5-11,14-19,21H2,1-4H3,(H,37,44)(H,36,38,39)/t24-,25+,29?. The maximum absolute atomic E-state index is 13.6. The van der Waals surface area contributed by atoms with Gasteiger partial charge in [-0.1, -0.05) is 6.92 Å². The second-order valence-electron chi connectivity index (χ2n) is 14.2. The van der Waals surface area contributed by atoms with Crippen molar-refractivity contribution in [3.63, 3.8) is 0 Å². The van der Waals surface area contributed by atoms with E-state index < -0.39 is 0 Å².